The first-order chi connectivity index (χ1) is 9.25. The summed E-state index contributed by atoms with van der Waals surface area (Å²) in [6, 6.07) is 7.15. The number of rotatable bonds is 1. The molecule has 2 aromatic rings. The van der Waals surface area contributed by atoms with Crippen LogP contribution in [0.1, 0.15) is 10.5 Å². The number of carbonyl (C=O) groups excluding carboxylic acids is 1. The van der Waals surface area contributed by atoms with Crippen LogP contribution in [0.5, 0.6) is 0 Å². The van der Waals surface area contributed by atoms with Gasteiger partial charge in [0.15, 0.2) is 5.69 Å². The SMILES string of the molecule is O=C(c1nc2ccccc2[nH]c1=O)N1CCOCC1. The van der Waals surface area contributed by atoms with Crippen molar-refractivity contribution in [2.24, 2.45) is 0 Å². The standard InChI is InChI=1S/C13H13N3O3/c17-12-11(13(18)16-5-7-19-8-6-16)14-9-3-1-2-4-10(9)15-12/h1-4H,5-8H2,(H,15,17). The fourth-order valence-electron chi connectivity index (χ4n) is 2.09. The molecule has 1 saturated heterocycles. The summed E-state index contributed by atoms with van der Waals surface area (Å²) in [5.74, 6) is -0.338. The fraction of sp³-hybridized carbons (Fsp3) is 0.308. The van der Waals surface area contributed by atoms with Crippen LogP contribution in [0.2, 0.25) is 0 Å². The van der Waals surface area contributed by atoms with Crippen molar-refractivity contribution in [3.8, 4) is 0 Å². The molecule has 1 aromatic carbocycles. The van der Waals surface area contributed by atoms with Gasteiger partial charge in [0, 0.05) is 13.1 Å². The number of fused-ring (bicyclic) bond motifs is 1. The first kappa shape index (κ1) is 11.9. The van der Waals surface area contributed by atoms with Crippen LogP contribution in [0, 0.1) is 0 Å². The van der Waals surface area contributed by atoms with E-state index in [4.69, 9.17) is 4.74 Å². The molecule has 0 bridgehead atoms. The maximum atomic E-state index is 12.3. The summed E-state index contributed by atoms with van der Waals surface area (Å²) in [4.78, 5) is 32.6. The minimum Gasteiger partial charge on any atom is -0.378 e. The number of aromatic nitrogens is 2. The van der Waals surface area contributed by atoms with E-state index in [1.54, 1.807) is 17.0 Å². The topological polar surface area (TPSA) is 75.3 Å². The molecule has 6 heteroatoms. The van der Waals surface area contributed by atoms with Crippen molar-refractivity contribution in [3.63, 3.8) is 0 Å². The summed E-state index contributed by atoms with van der Waals surface area (Å²) in [6.45, 7) is 1.98. The van der Waals surface area contributed by atoms with Crippen LogP contribution in [0.15, 0.2) is 29.1 Å². The van der Waals surface area contributed by atoms with Gasteiger partial charge < -0.3 is 14.6 Å². The number of nitrogens with one attached hydrogen (secondary N) is 1. The number of aromatic amines is 1. The molecule has 1 N–H and O–H groups in total. The second-order valence-corrected chi connectivity index (χ2v) is 4.34. The first-order valence-electron chi connectivity index (χ1n) is 6.12. The average Bonchev–Trinajstić information content (AvgIpc) is 2.47. The zero-order chi connectivity index (χ0) is 13.2. The molecule has 0 spiro atoms. The molecule has 19 heavy (non-hydrogen) atoms. The molecule has 0 unspecified atom stereocenters. The molecule has 0 atom stereocenters. The number of ether oxygens (including phenoxy) is 1. The molecule has 1 aromatic heterocycles. The van der Waals surface area contributed by atoms with E-state index >= 15 is 0 Å². The van der Waals surface area contributed by atoms with Gasteiger partial charge in [0.2, 0.25) is 0 Å². The lowest BCUT2D eigenvalue weighted by Crippen LogP contribution is -2.43. The quantitative estimate of drug-likeness (QED) is 0.804. The molecule has 1 fully saturated rings. The van der Waals surface area contributed by atoms with Gasteiger partial charge in [-0.3, -0.25) is 9.59 Å². The monoisotopic (exact) mass is 259 g/mol. The maximum absolute atomic E-state index is 12.3. The third kappa shape index (κ3) is 2.22. The van der Waals surface area contributed by atoms with E-state index in [0.29, 0.717) is 37.3 Å². The number of benzene rings is 1. The molecular formula is C13H13N3O3. The molecule has 0 radical (unpaired) electrons. The molecule has 0 saturated carbocycles. The second kappa shape index (κ2) is 4.81. The highest BCUT2D eigenvalue weighted by Gasteiger charge is 2.22. The molecule has 98 valence electrons. The van der Waals surface area contributed by atoms with E-state index in [0.717, 1.165) is 0 Å². The number of hydrogen-bond donors (Lipinski definition) is 1. The van der Waals surface area contributed by atoms with E-state index in [9.17, 15) is 9.59 Å². The Morgan fingerprint density at radius 2 is 2.00 bits per heavy atom. The first-order valence-corrected chi connectivity index (χ1v) is 6.12. The van der Waals surface area contributed by atoms with Gasteiger partial charge in [-0.15, -0.1) is 0 Å². The van der Waals surface area contributed by atoms with E-state index < -0.39 is 5.56 Å². The van der Waals surface area contributed by atoms with Crippen LogP contribution >= 0.6 is 0 Å². The minimum absolute atomic E-state index is 0.0550. The Balaban J connectivity index is 2.01. The molecule has 1 aliphatic heterocycles. The van der Waals surface area contributed by atoms with Gasteiger partial charge in [-0.1, -0.05) is 12.1 Å². The van der Waals surface area contributed by atoms with Gasteiger partial charge >= 0.3 is 0 Å². The zero-order valence-corrected chi connectivity index (χ0v) is 10.3. The summed E-state index contributed by atoms with van der Waals surface area (Å²) >= 11 is 0. The number of hydrogen-bond acceptors (Lipinski definition) is 4. The number of carbonyl (C=O) groups is 1. The summed E-state index contributed by atoms with van der Waals surface area (Å²) in [5, 5.41) is 0. The molecular weight excluding hydrogens is 246 g/mol. The smallest absolute Gasteiger partial charge is 0.280 e. The minimum atomic E-state index is -0.449. The Morgan fingerprint density at radius 3 is 2.79 bits per heavy atom. The van der Waals surface area contributed by atoms with Crippen LogP contribution in [0.4, 0.5) is 0 Å². The lowest BCUT2D eigenvalue weighted by molar-refractivity contribution is 0.0298. The summed E-state index contributed by atoms with van der Waals surface area (Å²) in [7, 11) is 0. The van der Waals surface area contributed by atoms with Crippen molar-refractivity contribution < 1.29 is 9.53 Å². The average molecular weight is 259 g/mol. The van der Waals surface area contributed by atoms with Gasteiger partial charge in [0.1, 0.15) is 0 Å². The maximum Gasteiger partial charge on any atom is 0.280 e. The number of morpholine rings is 1. The molecule has 6 nitrogen and oxygen atoms in total. The number of nitrogens with zero attached hydrogens (tertiary/aromatic N) is 2. The highest BCUT2D eigenvalue weighted by atomic mass is 16.5. The van der Waals surface area contributed by atoms with Gasteiger partial charge in [-0.2, -0.15) is 0 Å². The van der Waals surface area contributed by atoms with E-state index in [-0.39, 0.29) is 11.6 Å². The summed E-state index contributed by atoms with van der Waals surface area (Å²) in [5.41, 5.74) is 0.737. The van der Waals surface area contributed by atoms with Gasteiger partial charge in [-0.25, -0.2) is 4.98 Å². The van der Waals surface area contributed by atoms with Gasteiger partial charge in [0.05, 0.1) is 24.2 Å². The summed E-state index contributed by atoms with van der Waals surface area (Å²) < 4.78 is 5.19. The largest absolute Gasteiger partial charge is 0.378 e. The third-order valence-corrected chi connectivity index (χ3v) is 3.10. The number of H-pyrrole nitrogens is 1. The van der Waals surface area contributed by atoms with E-state index in [1.807, 2.05) is 12.1 Å². The Morgan fingerprint density at radius 1 is 1.26 bits per heavy atom. The lowest BCUT2D eigenvalue weighted by Gasteiger charge is -2.26. The van der Waals surface area contributed by atoms with Crippen LogP contribution in [-0.4, -0.2) is 47.1 Å². The Bertz CT molecular complexity index is 674. The molecule has 1 amide bonds. The van der Waals surface area contributed by atoms with Crippen molar-refractivity contribution in [1.82, 2.24) is 14.9 Å². The highest BCUT2D eigenvalue weighted by molar-refractivity contribution is 5.93. The Labute approximate surface area is 109 Å². The normalized spacial score (nSPS) is 15.7. The van der Waals surface area contributed by atoms with Crippen molar-refractivity contribution in [1.29, 1.82) is 0 Å². The molecule has 2 heterocycles. The highest BCUT2D eigenvalue weighted by Crippen LogP contribution is 2.08. The van der Waals surface area contributed by atoms with Crippen molar-refractivity contribution >= 4 is 16.9 Å². The lowest BCUT2D eigenvalue weighted by atomic mass is 10.2. The van der Waals surface area contributed by atoms with Crippen LogP contribution < -0.4 is 5.56 Å². The summed E-state index contributed by atoms with van der Waals surface area (Å²) in [6.07, 6.45) is 0. The molecule has 3 rings (SSSR count). The molecule has 1 aliphatic rings. The Hall–Kier alpha value is -2.21. The number of para-hydroxylation sites is 2. The third-order valence-electron chi connectivity index (χ3n) is 3.10. The van der Waals surface area contributed by atoms with Crippen molar-refractivity contribution in [3.05, 3.63) is 40.3 Å². The van der Waals surface area contributed by atoms with Gasteiger partial charge in [0.25, 0.3) is 11.5 Å². The number of amides is 1. The van der Waals surface area contributed by atoms with Crippen molar-refractivity contribution in [2.45, 2.75) is 0 Å². The van der Waals surface area contributed by atoms with Crippen LogP contribution in [0.3, 0.4) is 0 Å². The van der Waals surface area contributed by atoms with Crippen LogP contribution in [0.25, 0.3) is 11.0 Å². The van der Waals surface area contributed by atoms with Crippen molar-refractivity contribution in [2.75, 3.05) is 26.3 Å². The van der Waals surface area contributed by atoms with Gasteiger partial charge in [-0.05, 0) is 12.1 Å². The fourth-order valence-corrected chi connectivity index (χ4v) is 2.09. The molecule has 0 aliphatic carbocycles. The predicted molar refractivity (Wildman–Crippen MR) is 69.1 cm³/mol. The van der Waals surface area contributed by atoms with E-state index in [2.05, 4.69) is 9.97 Å². The van der Waals surface area contributed by atoms with E-state index in [1.165, 1.54) is 0 Å². The Kier molecular flexibility index (Phi) is 3.00. The van der Waals surface area contributed by atoms with Crippen LogP contribution in [-0.2, 0) is 4.74 Å². The second-order valence-electron chi connectivity index (χ2n) is 4.34. The predicted octanol–water partition coefficient (Wildman–Crippen LogP) is 0.395. The zero-order valence-electron chi connectivity index (χ0n) is 10.3.